The van der Waals surface area contributed by atoms with Crippen LogP contribution in [-0.4, -0.2) is 24.4 Å². The second kappa shape index (κ2) is 6.26. The number of rotatable bonds is 3. The summed E-state index contributed by atoms with van der Waals surface area (Å²) in [6.45, 7) is 6.46. The second-order valence-electron chi connectivity index (χ2n) is 5.72. The van der Waals surface area contributed by atoms with Gasteiger partial charge in [-0.05, 0) is 23.1 Å². The molecule has 0 saturated carbocycles. The first-order valence-corrected chi connectivity index (χ1v) is 6.44. The largest absolute Gasteiger partial charge is 0.493 e. The highest BCUT2D eigenvalue weighted by molar-refractivity contribution is 5.85. The Hall–Kier alpha value is -1.88. The van der Waals surface area contributed by atoms with E-state index < -0.39 is 0 Å². The molecule has 0 aliphatic rings. The third-order valence-corrected chi connectivity index (χ3v) is 3.23. The molecule has 0 fully saturated rings. The van der Waals surface area contributed by atoms with E-state index in [4.69, 9.17) is 15.2 Å². The molecule has 6 heteroatoms. The number of nitrogens with two attached hydrogens (primary N) is 1. The molecule has 0 unspecified atom stereocenters. The first-order valence-electron chi connectivity index (χ1n) is 6.44. The Labute approximate surface area is 131 Å². The van der Waals surface area contributed by atoms with Gasteiger partial charge in [-0.3, -0.25) is 5.10 Å². The van der Waals surface area contributed by atoms with Crippen LogP contribution < -0.4 is 15.2 Å². The van der Waals surface area contributed by atoms with E-state index >= 15 is 0 Å². The summed E-state index contributed by atoms with van der Waals surface area (Å²) in [6.07, 6.45) is 0. The molecule has 2 rings (SSSR count). The van der Waals surface area contributed by atoms with Crippen molar-refractivity contribution in [3.05, 3.63) is 23.8 Å². The van der Waals surface area contributed by atoms with Crippen LogP contribution in [-0.2, 0) is 5.41 Å². The minimum Gasteiger partial charge on any atom is -0.493 e. The molecule has 0 atom stereocenters. The Balaban J connectivity index is 0.00000220. The second-order valence-corrected chi connectivity index (χ2v) is 5.72. The molecule has 0 bridgehead atoms. The number of nitrogens with one attached hydrogen (secondary N) is 1. The zero-order valence-corrected chi connectivity index (χ0v) is 13.8. The molecule has 1 aromatic carbocycles. The molecule has 0 radical (unpaired) electrons. The molecule has 2 aromatic rings. The van der Waals surface area contributed by atoms with Crippen molar-refractivity contribution in [3.63, 3.8) is 0 Å². The van der Waals surface area contributed by atoms with Crippen molar-refractivity contribution >= 4 is 18.2 Å². The van der Waals surface area contributed by atoms with Crippen molar-refractivity contribution < 1.29 is 9.47 Å². The Morgan fingerprint density at radius 1 is 1.10 bits per heavy atom. The highest BCUT2D eigenvalue weighted by Crippen LogP contribution is 2.41. The van der Waals surface area contributed by atoms with E-state index in [9.17, 15) is 0 Å². The maximum Gasteiger partial charge on any atom is 0.170 e. The lowest BCUT2D eigenvalue weighted by atomic mass is 9.85. The maximum absolute atomic E-state index is 5.69. The van der Waals surface area contributed by atoms with Crippen LogP contribution >= 0.6 is 12.4 Å². The van der Waals surface area contributed by atoms with Gasteiger partial charge in [-0.15, -0.1) is 12.4 Å². The average molecular weight is 312 g/mol. The van der Waals surface area contributed by atoms with Crippen LogP contribution in [0.25, 0.3) is 11.3 Å². The maximum atomic E-state index is 5.69. The van der Waals surface area contributed by atoms with Crippen molar-refractivity contribution in [2.45, 2.75) is 26.2 Å². The van der Waals surface area contributed by atoms with Crippen LogP contribution in [0.1, 0.15) is 26.3 Å². The van der Waals surface area contributed by atoms with E-state index in [0.29, 0.717) is 17.3 Å². The summed E-state index contributed by atoms with van der Waals surface area (Å²) in [5, 5.41) is 6.89. The van der Waals surface area contributed by atoms with E-state index in [2.05, 4.69) is 37.0 Å². The average Bonchev–Trinajstić information content (AvgIpc) is 2.82. The molecule has 0 aliphatic heterocycles. The number of H-pyrrole nitrogens is 1. The predicted molar refractivity (Wildman–Crippen MR) is 87.5 cm³/mol. The van der Waals surface area contributed by atoms with Gasteiger partial charge in [-0.2, -0.15) is 5.10 Å². The summed E-state index contributed by atoms with van der Waals surface area (Å²) in [5.74, 6) is 1.81. The summed E-state index contributed by atoms with van der Waals surface area (Å²) in [4.78, 5) is 0. The smallest absolute Gasteiger partial charge is 0.170 e. The van der Waals surface area contributed by atoms with Crippen molar-refractivity contribution in [3.8, 4) is 22.8 Å². The fourth-order valence-corrected chi connectivity index (χ4v) is 2.07. The van der Waals surface area contributed by atoms with Gasteiger partial charge < -0.3 is 15.2 Å². The quantitative estimate of drug-likeness (QED) is 0.911. The van der Waals surface area contributed by atoms with Gasteiger partial charge in [-0.1, -0.05) is 20.8 Å². The van der Waals surface area contributed by atoms with Crippen molar-refractivity contribution in [1.82, 2.24) is 10.2 Å². The van der Waals surface area contributed by atoms with E-state index in [1.54, 1.807) is 20.3 Å². The van der Waals surface area contributed by atoms with Crippen molar-refractivity contribution in [2.75, 3.05) is 20.0 Å². The molecule has 5 nitrogen and oxygen atoms in total. The summed E-state index contributed by atoms with van der Waals surface area (Å²) < 4.78 is 10.9. The number of nitrogens with zero attached hydrogens (tertiary/aromatic N) is 1. The first kappa shape index (κ1) is 17.2. The third kappa shape index (κ3) is 3.42. The van der Waals surface area contributed by atoms with E-state index in [1.165, 1.54) is 0 Å². The topological polar surface area (TPSA) is 73.2 Å². The number of hydrogen-bond donors (Lipinski definition) is 2. The van der Waals surface area contributed by atoms with Gasteiger partial charge in [0.2, 0.25) is 0 Å². The Morgan fingerprint density at radius 3 is 2.19 bits per heavy atom. The molecular weight excluding hydrogens is 290 g/mol. The number of anilines is 1. The Bertz CT molecular complexity index is 618. The standard InChI is InChI=1S/C15H21N3O2.ClH/c1-15(2,3)9-6-10(11-8-13(16)18-17-11)14(20-5)12(7-9)19-4;/h6-8H,1-5H3,(H3,16,17,18);1H. The van der Waals surface area contributed by atoms with Crippen LogP contribution in [0.5, 0.6) is 11.5 Å². The summed E-state index contributed by atoms with van der Waals surface area (Å²) in [6, 6.07) is 5.86. The highest BCUT2D eigenvalue weighted by Gasteiger charge is 2.21. The van der Waals surface area contributed by atoms with Gasteiger partial charge >= 0.3 is 0 Å². The highest BCUT2D eigenvalue weighted by atomic mass is 35.5. The SMILES string of the molecule is COc1cc(C(C)(C)C)cc(-c2cc(N)n[nH]2)c1OC.Cl. The molecule has 116 valence electrons. The number of hydrogen-bond acceptors (Lipinski definition) is 4. The monoisotopic (exact) mass is 311 g/mol. The fraction of sp³-hybridized carbons (Fsp3) is 0.400. The number of methoxy groups -OCH3 is 2. The molecular formula is C15H22ClN3O2. The van der Waals surface area contributed by atoms with Crippen LogP contribution in [0.3, 0.4) is 0 Å². The van der Waals surface area contributed by atoms with Crippen LogP contribution in [0.15, 0.2) is 18.2 Å². The number of halogens is 1. The van der Waals surface area contributed by atoms with Crippen LogP contribution in [0.4, 0.5) is 5.82 Å². The number of nitrogen functional groups attached to an aromatic ring is 1. The van der Waals surface area contributed by atoms with Crippen molar-refractivity contribution in [2.24, 2.45) is 0 Å². The molecule has 0 amide bonds. The Kier molecular flexibility index (Phi) is 5.12. The van der Waals surface area contributed by atoms with Gasteiger partial charge in [0, 0.05) is 11.6 Å². The number of benzene rings is 1. The van der Waals surface area contributed by atoms with Gasteiger partial charge in [0.05, 0.1) is 19.9 Å². The minimum absolute atomic E-state index is 0. The lowest BCUT2D eigenvalue weighted by Crippen LogP contribution is -2.12. The normalized spacial score (nSPS) is 10.9. The van der Waals surface area contributed by atoms with Crippen LogP contribution in [0, 0.1) is 0 Å². The molecule has 0 aliphatic carbocycles. The predicted octanol–water partition coefficient (Wildman–Crippen LogP) is 3.40. The Morgan fingerprint density at radius 2 is 1.76 bits per heavy atom. The van der Waals surface area contributed by atoms with Crippen molar-refractivity contribution in [1.29, 1.82) is 0 Å². The van der Waals surface area contributed by atoms with Crippen LogP contribution in [0.2, 0.25) is 0 Å². The minimum atomic E-state index is -0.000131. The molecule has 0 spiro atoms. The summed E-state index contributed by atoms with van der Waals surface area (Å²) in [5.41, 5.74) is 8.54. The van der Waals surface area contributed by atoms with Gasteiger partial charge in [0.15, 0.2) is 11.5 Å². The first-order chi connectivity index (χ1) is 9.36. The van der Waals surface area contributed by atoms with Gasteiger partial charge in [0.25, 0.3) is 0 Å². The van der Waals surface area contributed by atoms with Gasteiger partial charge in [0.1, 0.15) is 5.82 Å². The van der Waals surface area contributed by atoms with E-state index in [0.717, 1.165) is 16.8 Å². The number of aromatic nitrogens is 2. The van der Waals surface area contributed by atoms with E-state index in [1.807, 2.05) is 6.07 Å². The molecule has 1 aromatic heterocycles. The fourth-order valence-electron chi connectivity index (χ4n) is 2.07. The number of aromatic amines is 1. The zero-order chi connectivity index (χ0) is 14.9. The third-order valence-electron chi connectivity index (χ3n) is 3.23. The zero-order valence-electron chi connectivity index (χ0n) is 13.0. The molecule has 21 heavy (non-hydrogen) atoms. The molecule has 1 heterocycles. The summed E-state index contributed by atoms with van der Waals surface area (Å²) >= 11 is 0. The lowest BCUT2D eigenvalue weighted by molar-refractivity contribution is 0.354. The summed E-state index contributed by atoms with van der Waals surface area (Å²) in [7, 11) is 3.26. The van der Waals surface area contributed by atoms with Gasteiger partial charge in [-0.25, -0.2) is 0 Å². The van der Waals surface area contributed by atoms with E-state index in [-0.39, 0.29) is 17.8 Å². The number of ether oxygens (including phenoxy) is 2. The molecule has 3 N–H and O–H groups in total. The molecule has 0 saturated heterocycles. The lowest BCUT2D eigenvalue weighted by Gasteiger charge is -2.22.